The van der Waals surface area contributed by atoms with E-state index in [4.69, 9.17) is 19.3 Å². The van der Waals surface area contributed by atoms with Crippen molar-refractivity contribution in [2.45, 2.75) is 20.1 Å². The maximum Gasteiger partial charge on any atom is 0.331 e. The molecule has 0 radical (unpaired) electrons. The second-order valence-corrected chi connectivity index (χ2v) is 2.64. The molecule has 0 saturated carbocycles. The minimum Gasteiger partial charge on any atom is -0.478 e. The van der Waals surface area contributed by atoms with Crippen LogP contribution in [0.25, 0.3) is 0 Å². The van der Waals surface area contributed by atoms with E-state index in [1.807, 2.05) is 0 Å². The molecule has 0 saturated heterocycles. The third-order valence-corrected chi connectivity index (χ3v) is 1.43. The SMILES string of the molecule is CCOC(COC(=O)/C=C/C(=O)O)OCC. The molecular formula is C10H16O6. The Hall–Kier alpha value is -1.40. The van der Waals surface area contributed by atoms with Crippen LogP contribution in [-0.4, -0.2) is 43.2 Å². The Labute approximate surface area is 93.8 Å². The molecule has 92 valence electrons. The number of hydrogen-bond acceptors (Lipinski definition) is 5. The van der Waals surface area contributed by atoms with Crippen LogP contribution in [0.1, 0.15) is 13.8 Å². The van der Waals surface area contributed by atoms with Crippen LogP contribution in [0.4, 0.5) is 0 Å². The van der Waals surface area contributed by atoms with Gasteiger partial charge in [0.2, 0.25) is 0 Å². The van der Waals surface area contributed by atoms with Crippen LogP contribution >= 0.6 is 0 Å². The van der Waals surface area contributed by atoms with E-state index in [0.717, 1.165) is 6.08 Å². The number of carboxylic acids is 1. The monoisotopic (exact) mass is 232 g/mol. The molecule has 0 unspecified atom stereocenters. The molecule has 0 aromatic rings. The third-order valence-electron chi connectivity index (χ3n) is 1.43. The van der Waals surface area contributed by atoms with Gasteiger partial charge in [-0.25, -0.2) is 9.59 Å². The summed E-state index contributed by atoms with van der Waals surface area (Å²) in [6.45, 7) is 4.39. The van der Waals surface area contributed by atoms with Crippen molar-refractivity contribution in [1.82, 2.24) is 0 Å². The second-order valence-electron chi connectivity index (χ2n) is 2.64. The van der Waals surface area contributed by atoms with Crippen molar-refractivity contribution in [1.29, 1.82) is 0 Å². The van der Waals surface area contributed by atoms with Crippen molar-refractivity contribution in [2.75, 3.05) is 19.8 Å². The van der Waals surface area contributed by atoms with Gasteiger partial charge in [-0.15, -0.1) is 0 Å². The van der Waals surface area contributed by atoms with E-state index in [1.54, 1.807) is 13.8 Å². The summed E-state index contributed by atoms with van der Waals surface area (Å²) in [5.74, 6) is -1.95. The molecule has 6 nitrogen and oxygen atoms in total. The molecule has 0 spiro atoms. The first-order valence-corrected chi connectivity index (χ1v) is 4.91. The summed E-state index contributed by atoms with van der Waals surface area (Å²) in [6.07, 6.45) is 0.924. The predicted molar refractivity (Wildman–Crippen MR) is 54.8 cm³/mol. The summed E-state index contributed by atoms with van der Waals surface area (Å²) in [5, 5.41) is 8.26. The number of rotatable bonds is 8. The van der Waals surface area contributed by atoms with Gasteiger partial charge in [0.1, 0.15) is 6.61 Å². The first kappa shape index (κ1) is 14.6. The van der Waals surface area contributed by atoms with Crippen LogP contribution in [0.5, 0.6) is 0 Å². The van der Waals surface area contributed by atoms with Crippen molar-refractivity contribution in [3.05, 3.63) is 12.2 Å². The van der Waals surface area contributed by atoms with Crippen LogP contribution in [0.15, 0.2) is 12.2 Å². The van der Waals surface area contributed by atoms with Gasteiger partial charge < -0.3 is 19.3 Å². The Kier molecular flexibility index (Phi) is 8.10. The Morgan fingerprint density at radius 3 is 2.19 bits per heavy atom. The lowest BCUT2D eigenvalue weighted by Crippen LogP contribution is -2.24. The number of aliphatic carboxylic acids is 1. The van der Waals surface area contributed by atoms with Crippen LogP contribution in [0.2, 0.25) is 0 Å². The van der Waals surface area contributed by atoms with Gasteiger partial charge in [-0.2, -0.15) is 0 Å². The molecule has 16 heavy (non-hydrogen) atoms. The fourth-order valence-corrected chi connectivity index (χ4v) is 0.854. The highest BCUT2D eigenvalue weighted by Crippen LogP contribution is 1.97. The Morgan fingerprint density at radius 1 is 1.19 bits per heavy atom. The van der Waals surface area contributed by atoms with Crippen molar-refractivity contribution in [3.63, 3.8) is 0 Å². The number of carbonyl (C=O) groups is 2. The maximum absolute atomic E-state index is 11.0. The molecule has 1 N–H and O–H groups in total. The lowest BCUT2D eigenvalue weighted by molar-refractivity contribution is -0.176. The molecular weight excluding hydrogens is 216 g/mol. The predicted octanol–water partition coefficient (Wildman–Crippen LogP) is 0.569. The smallest absolute Gasteiger partial charge is 0.331 e. The fourth-order valence-electron chi connectivity index (χ4n) is 0.854. The lowest BCUT2D eigenvalue weighted by Gasteiger charge is -2.15. The number of esters is 1. The molecule has 0 aliphatic heterocycles. The molecule has 0 amide bonds. The highest BCUT2D eigenvalue weighted by molar-refractivity contribution is 5.90. The summed E-state index contributed by atoms with van der Waals surface area (Å²) >= 11 is 0. The third kappa shape index (κ3) is 7.95. The first-order chi connectivity index (χ1) is 7.60. The van der Waals surface area contributed by atoms with Crippen molar-refractivity contribution >= 4 is 11.9 Å². The largest absolute Gasteiger partial charge is 0.478 e. The van der Waals surface area contributed by atoms with Crippen LogP contribution in [-0.2, 0) is 23.8 Å². The zero-order chi connectivity index (χ0) is 12.4. The van der Waals surface area contributed by atoms with Crippen LogP contribution < -0.4 is 0 Å². The van der Waals surface area contributed by atoms with Gasteiger partial charge in [-0.1, -0.05) is 0 Å². The number of ether oxygens (including phenoxy) is 3. The summed E-state index contributed by atoms with van der Waals surface area (Å²) in [5.41, 5.74) is 0. The Morgan fingerprint density at radius 2 is 1.75 bits per heavy atom. The minimum absolute atomic E-state index is 0.0650. The highest BCUT2D eigenvalue weighted by atomic mass is 16.7. The van der Waals surface area contributed by atoms with Gasteiger partial charge in [0.05, 0.1) is 0 Å². The van der Waals surface area contributed by atoms with Crippen molar-refractivity contribution < 1.29 is 28.9 Å². The molecule has 0 aromatic heterocycles. The molecule has 0 rings (SSSR count). The average molecular weight is 232 g/mol. The van der Waals surface area contributed by atoms with E-state index >= 15 is 0 Å². The topological polar surface area (TPSA) is 82.1 Å². The molecule has 0 atom stereocenters. The lowest BCUT2D eigenvalue weighted by atomic mass is 10.5. The van der Waals surface area contributed by atoms with Crippen molar-refractivity contribution in [2.24, 2.45) is 0 Å². The maximum atomic E-state index is 11.0. The van der Waals surface area contributed by atoms with Gasteiger partial charge in [0.15, 0.2) is 6.29 Å². The Balaban J connectivity index is 3.90. The van der Waals surface area contributed by atoms with Gasteiger partial charge in [0, 0.05) is 25.4 Å². The van der Waals surface area contributed by atoms with Crippen LogP contribution in [0, 0.1) is 0 Å². The van der Waals surface area contributed by atoms with Gasteiger partial charge in [0.25, 0.3) is 0 Å². The zero-order valence-corrected chi connectivity index (χ0v) is 9.34. The van der Waals surface area contributed by atoms with E-state index < -0.39 is 18.2 Å². The zero-order valence-electron chi connectivity index (χ0n) is 9.34. The number of carbonyl (C=O) groups excluding carboxylic acids is 1. The standard InChI is InChI=1S/C10H16O6/c1-3-14-10(15-4-2)7-16-9(13)6-5-8(11)12/h5-6,10H,3-4,7H2,1-2H3,(H,11,12)/b6-5+. The Bertz CT molecular complexity index is 242. The minimum atomic E-state index is -1.21. The molecule has 0 bridgehead atoms. The first-order valence-electron chi connectivity index (χ1n) is 4.91. The molecule has 6 heteroatoms. The molecule has 0 aliphatic rings. The fraction of sp³-hybridized carbons (Fsp3) is 0.600. The summed E-state index contributed by atoms with van der Waals surface area (Å²) in [6, 6.07) is 0. The molecule has 0 aliphatic carbocycles. The van der Waals surface area contributed by atoms with E-state index in [2.05, 4.69) is 0 Å². The number of carboxylic acid groups (broad SMARTS) is 1. The van der Waals surface area contributed by atoms with Crippen molar-refractivity contribution in [3.8, 4) is 0 Å². The summed E-state index contributed by atoms with van der Waals surface area (Å²) in [4.78, 5) is 21.1. The van der Waals surface area contributed by atoms with E-state index in [1.165, 1.54) is 0 Å². The summed E-state index contributed by atoms with van der Waals surface area (Å²) in [7, 11) is 0. The second kappa shape index (κ2) is 8.87. The quantitative estimate of drug-likeness (QED) is 0.374. The highest BCUT2D eigenvalue weighted by Gasteiger charge is 2.10. The van der Waals surface area contributed by atoms with Crippen LogP contribution in [0.3, 0.4) is 0 Å². The normalized spacial score (nSPS) is 10.9. The van der Waals surface area contributed by atoms with E-state index in [-0.39, 0.29) is 6.61 Å². The molecule has 0 heterocycles. The van der Waals surface area contributed by atoms with E-state index in [0.29, 0.717) is 19.3 Å². The van der Waals surface area contributed by atoms with Gasteiger partial charge in [-0.05, 0) is 13.8 Å². The summed E-state index contributed by atoms with van der Waals surface area (Å²) < 4.78 is 15.0. The molecule has 0 aromatic carbocycles. The average Bonchev–Trinajstić information content (AvgIpc) is 2.23. The number of hydrogen-bond donors (Lipinski definition) is 1. The van der Waals surface area contributed by atoms with Gasteiger partial charge >= 0.3 is 11.9 Å². The van der Waals surface area contributed by atoms with E-state index in [9.17, 15) is 9.59 Å². The van der Waals surface area contributed by atoms with Gasteiger partial charge in [-0.3, -0.25) is 0 Å². The molecule has 0 fully saturated rings.